The standard InChI is InChI=1S/C30H41N3O2S/c1-23-7-2-5-10-25(23)30-26-15-22-36-27(26)13-18-33(30)19-14-29(35)32-17-6-16-31(20-21-32)28(34)12-11-24-8-3-4-9-24/h2,5,7,10,15,22,24,30H,3-4,6,8-9,11-14,16-21H2,1H3/t30-/m1/s1. The molecular weight excluding hydrogens is 466 g/mol. The van der Waals surface area contributed by atoms with E-state index in [0.29, 0.717) is 25.9 Å². The smallest absolute Gasteiger partial charge is 0.223 e. The Morgan fingerprint density at radius 3 is 2.33 bits per heavy atom. The van der Waals surface area contributed by atoms with Gasteiger partial charge in [-0.2, -0.15) is 0 Å². The Morgan fingerprint density at radius 2 is 1.58 bits per heavy atom. The second-order valence-electron chi connectivity index (χ2n) is 10.9. The van der Waals surface area contributed by atoms with Crippen molar-refractivity contribution in [3.63, 3.8) is 0 Å². The summed E-state index contributed by atoms with van der Waals surface area (Å²) >= 11 is 1.86. The number of benzene rings is 1. The fourth-order valence-electron chi connectivity index (χ4n) is 6.47. The monoisotopic (exact) mass is 507 g/mol. The molecule has 2 aromatic rings. The van der Waals surface area contributed by atoms with Gasteiger partial charge in [0.25, 0.3) is 0 Å². The Bertz CT molecular complexity index is 1040. The molecule has 36 heavy (non-hydrogen) atoms. The lowest BCUT2D eigenvalue weighted by atomic mass is 9.90. The molecule has 5 rings (SSSR count). The molecule has 0 radical (unpaired) electrons. The minimum absolute atomic E-state index is 0.228. The van der Waals surface area contributed by atoms with Crippen LogP contribution in [-0.4, -0.2) is 65.8 Å². The van der Waals surface area contributed by atoms with E-state index < -0.39 is 0 Å². The zero-order chi connectivity index (χ0) is 24.9. The zero-order valence-electron chi connectivity index (χ0n) is 21.8. The van der Waals surface area contributed by atoms with Crippen LogP contribution in [0.5, 0.6) is 0 Å². The highest BCUT2D eigenvalue weighted by Crippen LogP contribution is 2.39. The fourth-order valence-corrected chi connectivity index (χ4v) is 7.37. The van der Waals surface area contributed by atoms with Gasteiger partial charge in [-0.3, -0.25) is 14.5 Å². The highest BCUT2D eigenvalue weighted by molar-refractivity contribution is 7.10. The van der Waals surface area contributed by atoms with Crippen molar-refractivity contribution >= 4 is 23.2 Å². The van der Waals surface area contributed by atoms with Crippen LogP contribution in [0.1, 0.15) is 79.0 Å². The number of thiophene rings is 1. The minimum Gasteiger partial charge on any atom is -0.341 e. The number of hydrogen-bond acceptors (Lipinski definition) is 4. The number of carbonyl (C=O) groups is 2. The largest absolute Gasteiger partial charge is 0.341 e. The van der Waals surface area contributed by atoms with Gasteiger partial charge in [0, 0.05) is 57.0 Å². The van der Waals surface area contributed by atoms with Gasteiger partial charge in [0.1, 0.15) is 0 Å². The first-order chi connectivity index (χ1) is 17.6. The Hall–Kier alpha value is -2.18. The maximum Gasteiger partial charge on any atom is 0.223 e. The Kier molecular flexibility index (Phi) is 8.43. The lowest BCUT2D eigenvalue weighted by molar-refractivity contribution is -0.134. The van der Waals surface area contributed by atoms with Crippen LogP contribution in [0.25, 0.3) is 0 Å². The Labute approximate surface area is 220 Å². The molecular formula is C30H41N3O2S. The third-order valence-corrected chi connectivity index (χ3v) is 9.60. The van der Waals surface area contributed by atoms with Gasteiger partial charge >= 0.3 is 0 Å². The van der Waals surface area contributed by atoms with Crippen molar-refractivity contribution in [2.24, 2.45) is 5.92 Å². The highest BCUT2D eigenvalue weighted by Gasteiger charge is 2.31. The third-order valence-electron chi connectivity index (χ3n) is 8.60. The molecule has 1 saturated heterocycles. The molecule has 1 saturated carbocycles. The molecule has 1 aromatic carbocycles. The lowest BCUT2D eigenvalue weighted by Gasteiger charge is -2.37. The molecule has 6 heteroatoms. The predicted octanol–water partition coefficient (Wildman–Crippen LogP) is 5.43. The van der Waals surface area contributed by atoms with Gasteiger partial charge in [0.05, 0.1) is 6.04 Å². The third kappa shape index (κ3) is 5.86. The van der Waals surface area contributed by atoms with Crippen molar-refractivity contribution in [3.8, 4) is 0 Å². The maximum absolute atomic E-state index is 13.3. The predicted molar refractivity (Wildman–Crippen MR) is 146 cm³/mol. The van der Waals surface area contributed by atoms with E-state index >= 15 is 0 Å². The number of carbonyl (C=O) groups excluding carboxylic acids is 2. The van der Waals surface area contributed by atoms with Gasteiger partial charge in [-0.15, -0.1) is 11.3 Å². The minimum atomic E-state index is 0.228. The highest BCUT2D eigenvalue weighted by atomic mass is 32.1. The van der Waals surface area contributed by atoms with Gasteiger partial charge in [-0.05, 0) is 60.2 Å². The first-order valence-electron chi connectivity index (χ1n) is 14.0. The molecule has 2 fully saturated rings. The summed E-state index contributed by atoms with van der Waals surface area (Å²) in [4.78, 5) is 34.1. The second kappa shape index (κ2) is 11.9. The van der Waals surface area contributed by atoms with Crippen LogP contribution in [0.2, 0.25) is 0 Å². The molecule has 0 unspecified atom stereocenters. The van der Waals surface area contributed by atoms with Crippen molar-refractivity contribution in [2.75, 3.05) is 39.3 Å². The molecule has 0 N–H and O–H groups in total. The van der Waals surface area contributed by atoms with E-state index in [1.54, 1.807) is 0 Å². The molecule has 0 spiro atoms. The van der Waals surface area contributed by atoms with Gasteiger partial charge in [0.15, 0.2) is 0 Å². The maximum atomic E-state index is 13.3. The summed E-state index contributed by atoms with van der Waals surface area (Å²) in [6, 6.07) is 11.2. The summed E-state index contributed by atoms with van der Waals surface area (Å²) in [7, 11) is 0. The summed E-state index contributed by atoms with van der Waals surface area (Å²) in [6.07, 6.45) is 9.46. The molecule has 5 nitrogen and oxygen atoms in total. The van der Waals surface area contributed by atoms with Gasteiger partial charge in [0.2, 0.25) is 11.8 Å². The van der Waals surface area contributed by atoms with E-state index in [1.165, 1.54) is 47.3 Å². The van der Waals surface area contributed by atoms with Crippen LogP contribution in [-0.2, 0) is 16.0 Å². The first-order valence-corrected chi connectivity index (χ1v) is 14.9. The quantitative estimate of drug-likeness (QED) is 0.502. The van der Waals surface area contributed by atoms with E-state index in [1.807, 2.05) is 21.1 Å². The second-order valence-corrected chi connectivity index (χ2v) is 11.9. The van der Waals surface area contributed by atoms with E-state index in [2.05, 4.69) is 47.5 Å². The topological polar surface area (TPSA) is 43.9 Å². The van der Waals surface area contributed by atoms with Crippen molar-refractivity contribution in [3.05, 3.63) is 57.3 Å². The van der Waals surface area contributed by atoms with Crippen LogP contribution in [0, 0.1) is 12.8 Å². The average molecular weight is 508 g/mol. The first kappa shape index (κ1) is 25.5. The van der Waals surface area contributed by atoms with Crippen LogP contribution >= 0.6 is 11.3 Å². The molecule has 1 atom stereocenters. The van der Waals surface area contributed by atoms with E-state index in [-0.39, 0.29) is 17.9 Å². The number of hydrogen-bond donors (Lipinski definition) is 0. The van der Waals surface area contributed by atoms with Gasteiger partial charge in [-0.1, -0.05) is 49.9 Å². The zero-order valence-corrected chi connectivity index (χ0v) is 22.6. The molecule has 2 amide bonds. The van der Waals surface area contributed by atoms with Crippen LogP contribution in [0.15, 0.2) is 35.7 Å². The molecule has 194 valence electrons. The molecule has 3 heterocycles. The summed E-state index contributed by atoms with van der Waals surface area (Å²) in [6.45, 7) is 6.86. The molecule has 1 aromatic heterocycles. The van der Waals surface area contributed by atoms with E-state index in [9.17, 15) is 9.59 Å². The number of nitrogens with zero attached hydrogens (tertiary/aromatic N) is 3. The number of aryl methyl sites for hydroxylation is 1. The van der Waals surface area contributed by atoms with E-state index in [0.717, 1.165) is 51.4 Å². The summed E-state index contributed by atoms with van der Waals surface area (Å²) in [5.41, 5.74) is 4.07. The van der Waals surface area contributed by atoms with Crippen molar-refractivity contribution in [1.29, 1.82) is 0 Å². The lowest BCUT2D eigenvalue weighted by Crippen LogP contribution is -2.41. The van der Waals surface area contributed by atoms with Crippen LogP contribution in [0.3, 0.4) is 0 Å². The SMILES string of the molecule is Cc1ccccc1[C@@H]1c2ccsc2CCN1CCC(=O)N1CCCN(C(=O)CCC2CCCC2)CC1. The van der Waals surface area contributed by atoms with Gasteiger partial charge in [-0.25, -0.2) is 0 Å². The van der Waals surface area contributed by atoms with Crippen molar-refractivity contribution in [1.82, 2.24) is 14.7 Å². The fraction of sp³-hybridized carbons (Fsp3) is 0.600. The number of rotatable bonds is 7. The van der Waals surface area contributed by atoms with Gasteiger partial charge < -0.3 is 9.80 Å². The van der Waals surface area contributed by atoms with Crippen molar-refractivity contribution < 1.29 is 9.59 Å². The number of amides is 2. The Balaban J connectivity index is 1.16. The summed E-state index contributed by atoms with van der Waals surface area (Å²) in [5.74, 6) is 1.27. The summed E-state index contributed by atoms with van der Waals surface area (Å²) in [5, 5.41) is 2.21. The number of fused-ring (bicyclic) bond motifs is 1. The van der Waals surface area contributed by atoms with E-state index in [4.69, 9.17) is 0 Å². The average Bonchev–Trinajstić information content (AvgIpc) is 3.53. The molecule has 1 aliphatic carbocycles. The van der Waals surface area contributed by atoms with Crippen LogP contribution in [0.4, 0.5) is 0 Å². The Morgan fingerprint density at radius 1 is 0.861 bits per heavy atom. The summed E-state index contributed by atoms with van der Waals surface area (Å²) < 4.78 is 0. The van der Waals surface area contributed by atoms with Crippen molar-refractivity contribution in [2.45, 2.75) is 70.8 Å². The molecule has 2 aliphatic heterocycles. The van der Waals surface area contributed by atoms with Crippen LogP contribution < -0.4 is 0 Å². The normalized spacial score (nSPS) is 21.4. The molecule has 0 bridgehead atoms. The molecule has 3 aliphatic rings.